The highest BCUT2D eigenvalue weighted by atomic mass is 16.5. The first-order valence-electron chi connectivity index (χ1n) is 9.71. The Morgan fingerprint density at radius 2 is 2.00 bits per heavy atom. The molecule has 0 spiro atoms. The number of ether oxygens (including phenoxy) is 1. The van der Waals surface area contributed by atoms with Crippen molar-refractivity contribution in [1.29, 1.82) is 0 Å². The van der Waals surface area contributed by atoms with Crippen LogP contribution in [0.5, 0.6) is 5.75 Å². The Kier molecular flexibility index (Phi) is 5.02. The number of nitrogens with zero attached hydrogens (tertiary/aromatic N) is 5. The van der Waals surface area contributed by atoms with Crippen LogP contribution in [0.4, 0.5) is 0 Å². The van der Waals surface area contributed by atoms with Gasteiger partial charge in [-0.1, -0.05) is 6.07 Å². The molecule has 1 aromatic carbocycles. The Balaban J connectivity index is 1.59. The second-order valence-corrected chi connectivity index (χ2v) is 7.27. The standard InChI is InChI=1S/C20H25N5O3/c1-14(26)23-10-8-18-21-22-19(25(18)12-11-23)17-7-4-9-24(17)20(27)15-5-3-6-16(13-15)28-2/h3,5-6,13,17H,4,7-12H2,1-2H3. The first-order valence-corrected chi connectivity index (χ1v) is 9.71. The third-order valence-electron chi connectivity index (χ3n) is 5.63. The van der Waals surface area contributed by atoms with Crippen LogP contribution >= 0.6 is 0 Å². The summed E-state index contributed by atoms with van der Waals surface area (Å²) in [4.78, 5) is 28.6. The van der Waals surface area contributed by atoms with E-state index in [0.29, 0.717) is 43.9 Å². The number of carbonyl (C=O) groups is 2. The smallest absolute Gasteiger partial charge is 0.254 e. The Hall–Kier alpha value is -2.90. The summed E-state index contributed by atoms with van der Waals surface area (Å²) in [5.41, 5.74) is 0.615. The molecule has 8 nitrogen and oxygen atoms in total. The van der Waals surface area contributed by atoms with Gasteiger partial charge in [-0.15, -0.1) is 10.2 Å². The van der Waals surface area contributed by atoms with E-state index in [1.807, 2.05) is 28.0 Å². The molecule has 2 aliphatic heterocycles. The molecule has 2 amide bonds. The van der Waals surface area contributed by atoms with E-state index in [0.717, 1.165) is 24.5 Å². The second-order valence-electron chi connectivity index (χ2n) is 7.27. The predicted molar refractivity (Wildman–Crippen MR) is 102 cm³/mol. The molecule has 1 saturated heterocycles. The van der Waals surface area contributed by atoms with E-state index in [-0.39, 0.29) is 17.9 Å². The van der Waals surface area contributed by atoms with E-state index in [9.17, 15) is 9.59 Å². The van der Waals surface area contributed by atoms with Crippen molar-refractivity contribution in [1.82, 2.24) is 24.6 Å². The van der Waals surface area contributed by atoms with Gasteiger partial charge in [0.2, 0.25) is 5.91 Å². The van der Waals surface area contributed by atoms with Crippen LogP contribution in [0, 0.1) is 0 Å². The molecule has 4 rings (SSSR count). The van der Waals surface area contributed by atoms with Crippen molar-refractivity contribution in [3.8, 4) is 5.75 Å². The van der Waals surface area contributed by atoms with E-state index in [1.54, 1.807) is 20.1 Å². The van der Waals surface area contributed by atoms with Crippen LogP contribution in [0.2, 0.25) is 0 Å². The number of hydrogen-bond acceptors (Lipinski definition) is 5. The van der Waals surface area contributed by atoms with Crippen LogP contribution < -0.4 is 4.74 Å². The summed E-state index contributed by atoms with van der Waals surface area (Å²) in [6.07, 6.45) is 2.48. The molecule has 0 radical (unpaired) electrons. The van der Waals surface area contributed by atoms with Gasteiger partial charge in [-0.3, -0.25) is 9.59 Å². The molecule has 8 heteroatoms. The highest BCUT2D eigenvalue weighted by Crippen LogP contribution is 2.33. The Labute approximate surface area is 164 Å². The summed E-state index contributed by atoms with van der Waals surface area (Å²) >= 11 is 0. The van der Waals surface area contributed by atoms with Crippen LogP contribution in [-0.4, -0.2) is 63.1 Å². The Bertz CT molecular complexity index is 894. The van der Waals surface area contributed by atoms with Crippen molar-refractivity contribution >= 4 is 11.8 Å². The summed E-state index contributed by atoms with van der Waals surface area (Å²) in [5, 5.41) is 8.81. The lowest BCUT2D eigenvalue weighted by Gasteiger charge is -2.25. The number of rotatable bonds is 3. The molecule has 1 atom stereocenters. The SMILES string of the molecule is COc1cccc(C(=O)N2CCCC2c2nnc3n2CCN(C(C)=O)CC3)c1. The van der Waals surface area contributed by atoms with Crippen LogP contribution in [0.25, 0.3) is 0 Å². The zero-order valence-electron chi connectivity index (χ0n) is 16.3. The summed E-state index contributed by atoms with van der Waals surface area (Å²) < 4.78 is 7.36. The van der Waals surface area contributed by atoms with Gasteiger partial charge in [0.1, 0.15) is 11.6 Å². The molecule has 0 saturated carbocycles. The molecule has 1 aromatic heterocycles. The Morgan fingerprint density at radius 1 is 1.14 bits per heavy atom. The molecule has 1 fully saturated rings. The third kappa shape index (κ3) is 3.34. The zero-order valence-corrected chi connectivity index (χ0v) is 16.3. The second kappa shape index (κ2) is 7.61. The maximum absolute atomic E-state index is 13.2. The van der Waals surface area contributed by atoms with Gasteiger partial charge < -0.3 is 19.1 Å². The van der Waals surface area contributed by atoms with Crippen molar-refractivity contribution in [2.24, 2.45) is 0 Å². The maximum atomic E-state index is 13.2. The monoisotopic (exact) mass is 383 g/mol. The summed E-state index contributed by atoms with van der Waals surface area (Å²) in [7, 11) is 1.60. The predicted octanol–water partition coefficient (Wildman–Crippen LogP) is 1.67. The number of carbonyl (C=O) groups excluding carboxylic acids is 2. The van der Waals surface area contributed by atoms with E-state index < -0.39 is 0 Å². The fourth-order valence-electron chi connectivity index (χ4n) is 4.11. The molecule has 0 N–H and O–H groups in total. The zero-order chi connectivity index (χ0) is 19.7. The topological polar surface area (TPSA) is 80.6 Å². The van der Waals surface area contributed by atoms with Gasteiger partial charge in [-0.2, -0.15) is 0 Å². The summed E-state index contributed by atoms with van der Waals surface area (Å²) in [6, 6.07) is 7.15. The lowest BCUT2D eigenvalue weighted by molar-refractivity contribution is -0.128. The van der Waals surface area contributed by atoms with Gasteiger partial charge >= 0.3 is 0 Å². The number of likely N-dealkylation sites (tertiary alicyclic amines) is 1. The van der Waals surface area contributed by atoms with E-state index in [1.165, 1.54) is 0 Å². The first-order chi connectivity index (χ1) is 13.6. The van der Waals surface area contributed by atoms with Gasteiger partial charge in [-0.25, -0.2) is 0 Å². The molecular formula is C20H25N5O3. The van der Waals surface area contributed by atoms with E-state index in [2.05, 4.69) is 14.8 Å². The lowest BCUT2D eigenvalue weighted by Crippen LogP contribution is -2.33. The minimum absolute atomic E-state index is 0.0160. The largest absolute Gasteiger partial charge is 0.497 e. The van der Waals surface area contributed by atoms with Crippen LogP contribution in [0.15, 0.2) is 24.3 Å². The summed E-state index contributed by atoms with van der Waals surface area (Å²) in [5.74, 6) is 2.45. The molecule has 0 aliphatic carbocycles. The van der Waals surface area contributed by atoms with Gasteiger partial charge in [0.05, 0.1) is 13.2 Å². The number of fused-ring (bicyclic) bond motifs is 1. The van der Waals surface area contributed by atoms with Crippen molar-refractivity contribution in [2.75, 3.05) is 26.7 Å². The number of benzene rings is 1. The molecule has 3 heterocycles. The van der Waals surface area contributed by atoms with Gasteiger partial charge in [0.15, 0.2) is 5.82 Å². The summed E-state index contributed by atoms with van der Waals surface area (Å²) in [6.45, 7) is 4.25. The highest BCUT2D eigenvalue weighted by Gasteiger charge is 2.35. The maximum Gasteiger partial charge on any atom is 0.254 e. The van der Waals surface area contributed by atoms with Gasteiger partial charge in [-0.05, 0) is 31.0 Å². The van der Waals surface area contributed by atoms with Crippen molar-refractivity contribution < 1.29 is 14.3 Å². The number of aromatic nitrogens is 3. The molecule has 0 bridgehead atoms. The van der Waals surface area contributed by atoms with E-state index >= 15 is 0 Å². The van der Waals surface area contributed by atoms with Crippen molar-refractivity contribution in [3.05, 3.63) is 41.5 Å². The van der Waals surface area contributed by atoms with Crippen molar-refractivity contribution in [2.45, 2.75) is 38.8 Å². The normalized spacial score (nSPS) is 19.3. The van der Waals surface area contributed by atoms with Crippen molar-refractivity contribution in [3.63, 3.8) is 0 Å². The number of amides is 2. The quantitative estimate of drug-likeness (QED) is 0.805. The number of methoxy groups -OCH3 is 1. The number of hydrogen-bond donors (Lipinski definition) is 0. The minimum Gasteiger partial charge on any atom is -0.497 e. The fraction of sp³-hybridized carbons (Fsp3) is 0.500. The average Bonchev–Trinajstić information content (AvgIpc) is 3.28. The van der Waals surface area contributed by atoms with Gasteiger partial charge in [0.25, 0.3) is 5.91 Å². The van der Waals surface area contributed by atoms with Crippen LogP contribution in [-0.2, 0) is 17.8 Å². The first kappa shape index (κ1) is 18.5. The van der Waals surface area contributed by atoms with Crippen LogP contribution in [0.3, 0.4) is 0 Å². The minimum atomic E-state index is -0.0937. The molecule has 28 heavy (non-hydrogen) atoms. The van der Waals surface area contributed by atoms with E-state index in [4.69, 9.17) is 4.74 Å². The average molecular weight is 383 g/mol. The van der Waals surface area contributed by atoms with Gasteiger partial charge in [0, 0.05) is 45.1 Å². The molecule has 2 aliphatic rings. The highest BCUT2D eigenvalue weighted by molar-refractivity contribution is 5.95. The fourth-order valence-corrected chi connectivity index (χ4v) is 4.11. The Morgan fingerprint density at radius 3 is 2.79 bits per heavy atom. The molecular weight excluding hydrogens is 358 g/mol. The molecule has 148 valence electrons. The third-order valence-corrected chi connectivity index (χ3v) is 5.63. The molecule has 2 aromatic rings. The molecule has 1 unspecified atom stereocenters. The lowest BCUT2D eigenvalue weighted by atomic mass is 10.1. The van der Waals surface area contributed by atoms with Crippen LogP contribution in [0.1, 0.15) is 47.8 Å².